The zero-order valence-corrected chi connectivity index (χ0v) is 12.0. The largest absolute Gasteiger partial charge is 0.480 e. The van der Waals surface area contributed by atoms with Gasteiger partial charge in [-0.3, -0.25) is 4.79 Å². The number of carbonyl (C=O) groups excluding carboxylic acids is 1. The maximum absolute atomic E-state index is 12.2. The van der Waals surface area contributed by atoms with Gasteiger partial charge in [0.2, 0.25) is 5.91 Å². The summed E-state index contributed by atoms with van der Waals surface area (Å²) in [6.07, 6.45) is 3.69. The van der Waals surface area contributed by atoms with Crippen LogP contribution in [0.1, 0.15) is 46.0 Å². The summed E-state index contributed by atoms with van der Waals surface area (Å²) in [5.74, 6) is -0.362. The molecule has 1 rings (SSSR count). The van der Waals surface area contributed by atoms with Gasteiger partial charge >= 0.3 is 5.97 Å². The molecule has 3 atom stereocenters. The zero-order chi connectivity index (χ0) is 14.4. The van der Waals surface area contributed by atoms with E-state index in [0.29, 0.717) is 31.8 Å². The highest BCUT2D eigenvalue weighted by Gasteiger charge is 2.35. The minimum atomic E-state index is -0.882. The van der Waals surface area contributed by atoms with E-state index in [4.69, 9.17) is 5.73 Å². The van der Waals surface area contributed by atoms with Crippen molar-refractivity contribution in [2.45, 2.75) is 52.0 Å². The molecule has 0 aromatic carbocycles. The van der Waals surface area contributed by atoms with Crippen LogP contribution in [-0.4, -0.2) is 41.0 Å². The van der Waals surface area contributed by atoms with E-state index in [2.05, 4.69) is 6.92 Å². The van der Waals surface area contributed by atoms with E-state index in [9.17, 15) is 14.7 Å². The van der Waals surface area contributed by atoms with Crippen LogP contribution in [0, 0.1) is 11.8 Å². The lowest BCUT2D eigenvalue weighted by molar-refractivity contribution is -0.153. The molecule has 1 saturated heterocycles. The number of likely N-dealkylation sites (tertiary alicyclic amines) is 1. The Morgan fingerprint density at radius 3 is 2.58 bits per heavy atom. The van der Waals surface area contributed by atoms with Crippen molar-refractivity contribution in [1.29, 1.82) is 0 Å². The van der Waals surface area contributed by atoms with Crippen LogP contribution in [0.15, 0.2) is 0 Å². The molecule has 1 aliphatic heterocycles. The zero-order valence-electron chi connectivity index (χ0n) is 12.0. The predicted molar refractivity (Wildman–Crippen MR) is 73.6 cm³/mol. The lowest BCUT2D eigenvalue weighted by Gasteiger charge is -2.37. The third-order valence-corrected chi connectivity index (χ3v) is 4.27. The second-order valence-corrected chi connectivity index (χ2v) is 5.45. The summed E-state index contributed by atoms with van der Waals surface area (Å²) in [4.78, 5) is 25.1. The normalized spacial score (nSPS) is 25.1. The molecule has 5 nitrogen and oxygen atoms in total. The van der Waals surface area contributed by atoms with Gasteiger partial charge in [0.15, 0.2) is 0 Å². The van der Waals surface area contributed by atoms with Gasteiger partial charge in [0.05, 0.1) is 0 Å². The van der Waals surface area contributed by atoms with Gasteiger partial charge in [0, 0.05) is 13.0 Å². The highest BCUT2D eigenvalue weighted by molar-refractivity contribution is 5.84. The van der Waals surface area contributed by atoms with Crippen molar-refractivity contribution in [3.8, 4) is 0 Å². The highest BCUT2D eigenvalue weighted by Crippen LogP contribution is 2.26. The first-order chi connectivity index (χ1) is 9.03. The van der Waals surface area contributed by atoms with Crippen molar-refractivity contribution < 1.29 is 14.7 Å². The molecular weight excluding hydrogens is 244 g/mol. The van der Waals surface area contributed by atoms with Crippen LogP contribution in [0.25, 0.3) is 0 Å². The van der Waals surface area contributed by atoms with E-state index in [1.807, 2.05) is 6.92 Å². The molecule has 0 spiro atoms. The van der Waals surface area contributed by atoms with Gasteiger partial charge in [-0.25, -0.2) is 4.79 Å². The first-order valence-electron chi connectivity index (χ1n) is 7.25. The molecular formula is C14H26N2O3. The minimum absolute atomic E-state index is 0.0562. The van der Waals surface area contributed by atoms with Gasteiger partial charge in [0.1, 0.15) is 6.04 Å². The van der Waals surface area contributed by atoms with Crippen molar-refractivity contribution in [2.75, 3.05) is 13.1 Å². The summed E-state index contributed by atoms with van der Waals surface area (Å²) in [6, 6.07) is -0.651. The summed E-state index contributed by atoms with van der Waals surface area (Å²) in [7, 11) is 0. The average Bonchev–Trinajstić information content (AvgIpc) is 2.43. The Morgan fingerprint density at radius 2 is 2.11 bits per heavy atom. The van der Waals surface area contributed by atoms with E-state index in [0.717, 1.165) is 19.3 Å². The number of piperidine rings is 1. The molecule has 0 saturated carbocycles. The van der Waals surface area contributed by atoms with E-state index in [1.54, 1.807) is 4.90 Å². The fraction of sp³-hybridized carbons (Fsp3) is 0.857. The first-order valence-corrected chi connectivity index (χ1v) is 7.25. The van der Waals surface area contributed by atoms with Crippen LogP contribution in [0.5, 0.6) is 0 Å². The summed E-state index contributed by atoms with van der Waals surface area (Å²) >= 11 is 0. The van der Waals surface area contributed by atoms with Crippen LogP contribution in [0.2, 0.25) is 0 Å². The van der Waals surface area contributed by atoms with E-state index in [1.165, 1.54) is 0 Å². The number of carboxylic acid groups (broad SMARTS) is 1. The maximum Gasteiger partial charge on any atom is 0.326 e. The number of carboxylic acids is 1. The lowest BCUT2D eigenvalue weighted by atomic mass is 9.88. The van der Waals surface area contributed by atoms with Gasteiger partial charge in [-0.15, -0.1) is 0 Å². The molecule has 1 aliphatic rings. The molecule has 1 heterocycles. The number of rotatable bonds is 6. The predicted octanol–water partition coefficient (Wildman–Crippen LogP) is 1.46. The van der Waals surface area contributed by atoms with Gasteiger partial charge in [-0.05, 0) is 31.2 Å². The quantitative estimate of drug-likeness (QED) is 0.765. The molecule has 0 aromatic rings. The third kappa shape index (κ3) is 4.20. The fourth-order valence-corrected chi connectivity index (χ4v) is 2.70. The van der Waals surface area contributed by atoms with Crippen LogP contribution in [-0.2, 0) is 9.59 Å². The van der Waals surface area contributed by atoms with Crippen LogP contribution in [0.3, 0.4) is 0 Å². The molecule has 3 N–H and O–H groups in total. The average molecular weight is 270 g/mol. The molecule has 3 unspecified atom stereocenters. The lowest BCUT2D eigenvalue weighted by Crippen LogP contribution is -2.50. The number of hydrogen-bond acceptors (Lipinski definition) is 3. The minimum Gasteiger partial charge on any atom is -0.480 e. The van der Waals surface area contributed by atoms with Crippen LogP contribution >= 0.6 is 0 Å². The summed E-state index contributed by atoms with van der Waals surface area (Å²) in [5.41, 5.74) is 5.61. The monoisotopic (exact) mass is 270 g/mol. The van der Waals surface area contributed by atoms with Crippen molar-refractivity contribution in [3.05, 3.63) is 0 Å². The topological polar surface area (TPSA) is 83.6 Å². The highest BCUT2D eigenvalue weighted by atomic mass is 16.4. The Morgan fingerprint density at radius 1 is 1.42 bits per heavy atom. The number of nitrogens with two attached hydrogens (primary N) is 1. The van der Waals surface area contributed by atoms with Crippen molar-refractivity contribution >= 4 is 11.9 Å². The molecule has 1 fully saturated rings. The number of aliphatic carboxylic acids is 1. The second kappa shape index (κ2) is 7.48. The van der Waals surface area contributed by atoms with Gasteiger partial charge in [0.25, 0.3) is 0 Å². The summed E-state index contributed by atoms with van der Waals surface area (Å²) < 4.78 is 0. The van der Waals surface area contributed by atoms with E-state index < -0.39 is 12.0 Å². The number of carbonyl (C=O) groups is 2. The standard InChI is InChI=1S/C14H26N2O3/c1-3-10-5-6-16(12(7-10)14(18)19)13(17)8-11(4-2)9-15/h10-12H,3-9,15H2,1-2H3,(H,18,19). The van der Waals surface area contributed by atoms with Crippen molar-refractivity contribution in [3.63, 3.8) is 0 Å². The number of amides is 1. The van der Waals surface area contributed by atoms with Crippen molar-refractivity contribution in [2.24, 2.45) is 17.6 Å². The fourth-order valence-electron chi connectivity index (χ4n) is 2.70. The molecule has 19 heavy (non-hydrogen) atoms. The van der Waals surface area contributed by atoms with Gasteiger partial charge in [-0.1, -0.05) is 26.7 Å². The molecule has 1 amide bonds. The second-order valence-electron chi connectivity index (χ2n) is 5.45. The SMILES string of the molecule is CCC(CN)CC(=O)N1CCC(CC)CC1C(=O)O. The maximum atomic E-state index is 12.2. The Balaban J connectivity index is 2.68. The van der Waals surface area contributed by atoms with Crippen molar-refractivity contribution in [1.82, 2.24) is 4.90 Å². The Labute approximate surface area is 115 Å². The molecule has 0 aromatic heterocycles. The Hall–Kier alpha value is -1.10. The Kier molecular flexibility index (Phi) is 6.28. The van der Waals surface area contributed by atoms with Crippen LogP contribution in [0.4, 0.5) is 0 Å². The first kappa shape index (κ1) is 16.0. The van der Waals surface area contributed by atoms with Gasteiger partial charge < -0.3 is 15.7 Å². The summed E-state index contributed by atoms with van der Waals surface area (Å²) in [6.45, 7) is 5.12. The molecule has 0 aliphatic carbocycles. The third-order valence-electron chi connectivity index (χ3n) is 4.27. The molecule has 0 radical (unpaired) electrons. The Bertz CT molecular complexity index is 316. The van der Waals surface area contributed by atoms with E-state index in [-0.39, 0.29) is 11.8 Å². The van der Waals surface area contributed by atoms with E-state index >= 15 is 0 Å². The van der Waals surface area contributed by atoms with Crippen LogP contribution < -0.4 is 5.73 Å². The molecule has 0 bridgehead atoms. The van der Waals surface area contributed by atoms with Gasteiger partial charge in [-0.2, -0.15) is 0 Å². The molecule has 110 valence electrons. The number of nitrogens with zero attached hydrogens (tertiary/aromatic N) is 1. The summed E-state index contributed by atoms with van der Waals surface area (Å²) in [5, 5.41) is 9.30. The molecule has 5 heteroatoms. The number of hydrogen-bond donors (Lipinski definition) is 2. The smallest absolute Gasteiger partial charge is 0.326 e.